The van der Waals surface area contributed by atoms with Crippen molar-refractivity contribution in [2.45, 2.75) is 32.6 Å². The Morgan fingerprint density at radius 1 is 1.22 bits per heavy atom. The van der Waals surface area contributed by atoms with Crippen LogP contribution in [0.15, 0.2) is 16.9 Å². The molecule has 0 N–H and O–H groups in total. The van der Waals surface area contributed by atoms with Crippen LogP contribution >= 0.6 is 0 Å². The molecule has 0 nitrogen and oxygen atoms in total. The van der Waals surface area contributed by atoms with Crippen LogP contribution < -0.4 is 0 Å². The molecule has 0 radical (unpaired) electrons. The maximum atomic E-state index is 3.45. The van der Waals surface area contributed by atoms with E-state index in [0.29, 0.717) is 0 Å². The maximum absolute atomic E-state index is 3.45. The summed E-state index contributed by atoms with van der Waals surface area (Å²) in [5.41, 5.74) is 6.63. The molecule has 0 aliphatic heterocycles. The molecule has 0 saturated carbocycles. The van der Waals surface area contributed by atoms with Gasteiger partial charge in [0.15, 0.2) is 0 Å². The standard InChI is InChI=1S/C9H12/c1-7-4-8-2-3-9(5-7)6-8/h7H,2-5H2,1H3. The molecule has 9 heavy (non-hydrogen) atoms. The molecule has 0 spiro atoms. The Morgan fingerprint density at radius 3 is 2.33 bits per heavy atom. The van der Waals surface area contributed by atoms with E-state index in [1.165, 1.54) is 25.7 Å². The van der Waals surface area contributed by atoms with Gasteiger partial charge in [0.1, 0.15) is 0 Å². The summed E-state index contributed by atoms with van der Waals surface area (Å²) in [5.74, 6) is 0.916. The predicted octanol–water partition coefficient (Wildman–Crippen LogP) is 2.66. The second kappa shape index (κ2) is 1.75. The molecular weight excluding hydrogens is 108 g/mol. The lowest BCUT2D eigenvalue weighted by atomic mass is 9.95. The van der Waals surface area contributed by atoms with Gasteiger partial charge in [0.05, 0.1) is 0 Å². The molecule has 2 aliphatic rings. The van der Waals surface area contributed by atoms with Crippen LogP contribution in [-0.2, 0) is 0 Å². The molecule has 0 aromatic carbocycles. The smallest absolute Gasteiger partial charge is 0.0200 e. The Kier molecular flexibility index (Phi) is 1.03. The fraction of sp³-hybridized carbons (Fsp3) is 0.667. The van der Waals surface area contributed by atoms with Crippen molar-refractivity contribution in [3.63, 3.8) is 0 Å². The lowest BCUT2D eigenvalue weighted by molar-refractivity contribution is 0.573. The molecular formula is C9H12. The highest BCUT2D eigenvalue weighted by Crippen LogP contribution is 2.34. The lowest BCUT2D eigenvalue weighted by Crippen LogP contribution is -1.96. The maximum Gasteiger partial charge on any atom is -0.0200 e. The average Bonchev–Trinajstić information content (AvgIpc) is 2.11. The van der Waals surface area contributed by atoms with Gasteiger partial charge in [-0.15, -0.1) is 5.73 Å². The van der Waals surface area contributed by atoms with Crippen LogP contribution in [0.5, 0.6) is 0 Å². The molecule has 48 valence electrons. The fourth-order valence-corrected chi connectivity index (χ4v) is 1.90. The molecule has 0 fully saturated rings. The van der Waals surface area contributed by atoms with Crippen molar-refractivity contribution in [1.82, 2.24) is 0 Å². The molecule has 0 aromatic rings. The number of rotatable bonds is 0. The van der Waals surface area contributed by atoms with Crippen LogP contribution in [0.25, 0.3) is 0 Å². The normalized spacial score (nSPS) is 25.9. The quantitative estimate of drug-likeness (QED) is 0.431. The van der Waals surface area contributed by atoms with Crippen molar-refractivity contribution in [2.24, 2.45) is 5.92 Å². The van der Waals surface area contributed by atoms with Gasteiger partial charge in [-0.05, 0) is 42.7 Å². The third kappa shape index (κ3) is 0.840. The van der Waals surface area contributed by atoms with Crippen LogP contribution in [0.4, 0.5) is 0 Å². The predicted molar refractivity (Wildman–Crippen MR) is 38.2 cm³/mol. The van der Waals surface area contributed by atoms with Crippen LogP contribution in [0.2, 0.25) is 0 Å². The summed E-state index contributed by atoms with van der Waals surface area (Å²) in [6, 6.07) is 0. The van der Waals surface area contributed by atoms with E-state index in [-0.39, 0.29) is 0 Å². The Labute approximate surface area is 56.3 Å². The summed E-state index contributed by atoms with van der Waals surface area (Å²) >= 11 is 0. The Balaban J connectivity index is 2.28. The highest BCUT2D eigenvalue weighted by atomic mass is 14.2. The highest BCUT2D eigenvalue weighted by molar-refractivity contribution is 5.22. The van der Waals surface area contributed by atoms with E-state index in [9.17, 15) is 0 Å². The van der Waals surface area contributed by atoms with Crippen molar-refractivity contribution in [3.05, 3.63) is 16.9 Å². The van der Waals surface area contributed by atoms with Crippen molar-refractivity contribution in [1.29, 1.82) is 0 Å². The highest BCUT2D eigenvalue weighted by Gasteiger charge is 2.18. The van der Waals surface area contributed by atoms with Gasteiger partial charge in [0.2, 0.25) is 0 Å². The first-order valence-electron chi connectivity index (χ1n) is 3.81. The summed E-state index contributed by atoms with van der Waals surface area (Å²) in [4.78, 5) is 0. The van der Waals surface area contributed by atoms with Gasteiger partial charge in [-0.2, -0.15) is 0 Å². The monoisotopic (exact) mass is 120 g/mol. The number of allylic oxidation sites excluding steroid dienone is 1. The summed E-state index contributed by atoms with van der Waals surface area (Å²) in [6.45, 7) is 2.34. The molecule has 0 unspecified atom stereocenters. The van der Waals surface area contributed by atoms with E-state index in [4.69, 9.17) is 0 Å². The van der Waals surface area contributed by atoms with Crippen molar-refractivity contribution >= 4 is 0 Å². The van der Waals surface area contributed by atoms with E-state index in [0.717, 1.165) is 5.92 Å². The lowest BCUT2D eigenvalue weighted by Gasteiger charge is -2.10. The first-order valence-corrected chi connectivity index (χ1v) is 3.81. The molecule has 0 saturated heterocycles. The molecule has 0 heterocycles. The van der Waals surface area contributed by atoms with Crippen LogP contribution in [0.1, 0.15) is 32.6 Å². The van der Waals surface area contributed by atoms with Gasteiger partial charge < -0.3 is 0 Å². The van der Waals surface area contributed by atoms with Crippen LogP contribution in [0.3, 0.4) is 0 Å². The van der Waals surface area contributed by atoms with E-state index in [2.05, 4.69) is 12.7 Å². The molecule has 0 heteroatoms. The van der Waals surface area contributed by atoms with Crippen LogP contribution in [0, 0.1) is 5.92 Å². The SMILES string of the molecule is CC1CC2=C=C(CC2)C1. The average molecular weight is 120 g/mol. The fourth-order valence-electron chi connectivity index (χ4n) is 1.90. The Hall–Kier alpha value is -0.480. The van der Waals surface area contributed by atoms with Crippen molar-refractivity contribution in [3.8, 4) is 0 Å². The molecule has 0 aromatic heterocycles. The van der Waals surface area contributed by atoms with Gasteiger partial charge in [-0.25, -0.2) is 0 Å². The minimum atomic E-state index is 0.916. The summed E-state index contributed by atoms with van der Waals surface area (Å²) in [5, 5.41) is 0. The zero-order chi connectivity index (χ0) is 6.27. The van der Waals surface area contributed by atoms with Crippen LogP contribution in [-0.4, -0.2) is 0 Å². The second-order valence-corrected chi connectivity index (χ2v) is 3.35. The summed E-state index contributed by atoms with van der Waals surface area (Å²) in [7, 11) is 0. The van der Waals surface area contributed by atoms with Gasteiger partial charge in [0, 0.05) is 0 Å². The third-order valence-corrected chi connectivity index (χ3v) is 2.27. The van der Waals surface area contributed by atoms with Gasteiger partial charge >= 0.3 is 0 Å². The van der Waals surface area contributed by atoms with Gasteiger partial charge in [0.25, 0.3) is 0 Å². The van der Waals surface area contributed by atoms with E-state index < -0.39 is 0 Å². The van der Waals surface area contributed by atoms with Gasteiger partial charge in [-0.3, -0.25) is 0 Å². The largest absolute Gasteiger partial charge is 0.123 e. The van der Waals surface area contributed by atoms with E-state index >= 15 is 0 Å². The second-order valence-electron chi connectivity index (χ2n) is 3.35. The Morgan fingerprint density at radius 2 is 1.78 bits per heavy atom. The summed E-state index contributed by atoms with van der Waals surface area (Å²) < 4.78 is 0. The minimum absolute atomic E-state index is 0.916. The summed E-state index contributed by atoms with van der Waals surface area (Å²) in [6.07, 6.45) is 5.28. The molecule has 2 rings (SSSR count). The topological polar surface area (TPSA) is 0 Å². The number of hydrogen-bond donors (Lipinski definition) is 0. The van der Waals surface area contributed by atoms with Crippen molar-refractivity contribution in [2.75, 3.05) is 0 Å². The Bertz CT molecular complexity index is 174. The first-order chi connectivity index (χ1) is 4.34. The van der Waals surface area contributed by atoms with Crippen molar-refractivity contribution < 1.29 is 0 Å². The van der Waals surface area contributed by atoms with Gasteiger partial charge in [-0.1, -0.05) is 6.92 Å². The molecule has 0 amide bonds. The molecule has 2 aliphatic carbocycles. The van der Waals surface area contributed by atoms with E-state index in [1.54, 1.807) is 11.1 Å². The minimum Gasteiger partial charge on any atom is -0.123 e. The molecule has 2 bridgehead atoms. The zero-order valence-corrected chi connectivity index (χ0v) is 5.91. The molecule has 0 atom stereocenters. The number of hydrogen-bond acceptors (Lipinski definition) is 0. The first kappa shape index (κ1) is 5.32. The zero-order valence-electron chi connectivity index (χ0n) is 5.91. The van der Waals surface area contributed by atoms with E-state index in [1.807, 2.05) is 0 Å². The third-order valence-electron chi connectivity index (χ3n) is 2.27.